The minimum absolute atomic E-state index is 0.455. The van der Waals surface area contributed by atoms with Crippen LogP contribution in [0.25, 0.3) is 11.0 Å². The second kappa shape index (κ2) is 6.69. The van der Waals surface area contributed by atoms with Crippen LogP contribution in [-0.2, 0) is 5.88 Å². The molecule has 3 nitrogen and oxygen atoms in total. The van der Waals surface area contributed by atoms with E-state index in [1.807, 2.05) is 13.0 Å². The van der Waals surface area contributed by atoms with Gasteiger partial charge in [-0.15, -0.1) is 11.6 Å². The van der Waals surface area contributed by atoms with E-state index >= 15 is 0 Å². The number of aromatic nitrogens is 2. The van der Waals surface area contributed by atoms with Crippen molar-refractivity contribution >= 4 is 22.6 Å². The number of para-hydroxylation sites is 1. The third-order valence-corrected chi connectivity index (χ3v) is 4.60. The highest BCUT2D eigenvalue weighted by Gasteiger charge is 2.21. The molecule has 0 aliphatic heterocycles. The molecular formula is C17H23ClN2O. The molecule has 3 rings (SSSR count). The summed E-state index contributed by atoms with van der Waals surface area (Å²) < 4.78 is 8.10. The quantitative estimate of drug-likeness (QED) is 0.582. The van der Waals surface area contributed by atoms with Crippen molar-refractivity contribution in [1.29, 1.82) is 0 Å². The molecule has 0 spiro atoms. The summed E-state index contributed by atoms with van der Waals surface area (Å²) in [5.74, 6) is 2.30. The predicted octanol–water partition coefficient (Wildman–Crippen LogP) is 5.07. The van der Waals surface area contributed by atoms with Crippen molar-refractivity contribution in [3.05, 3.63) is 24.0 Å². The first-order valence-corrected chi connectivity index (χ1v) is 8.57. The molecule has 1 aromatic heterocycles. The summed E-state index contributed by atoms with van der Waals surface area (Å²) in [6, 6.07) is 6.73. The Morgan fingerprint density at radius 3 is 2.67 bits per heavy atom. The number of rotatable bonds is 4. The van der Waals surface area contributed by atoms with Gasteiger partial charge in [0.1, 0.15) is 17.1 Å². The Morgan fingerprint density at radius 1 is 1.24 bits per heavy atom. The predicted molar refractivity (Wildman–Crippen MR) is 87.2 cm³/mol. The molecular weight excluding hydrogens is 284 g/mol. The normalized spacial score (nSPS) is 17.0. The van der Waals surface area contributed by atoms with Gasteiger partial charge >= 0.3 is 0 Å². The summed E-state index contributed by atoms with van der Waals surface area (Å²) in [6.45, 7) is 2.66. The maximum absolute atomic E-state index is 6.17. The lowest BCUT2D eigenvalue weighted by Gasteiger charge is -2.19. The van der Waals surface area contributed by atoms with Crippen molar-refractivity contribution in [2.45, 2.75) is 57.4 Å². The summed E-state index contributed by atoms with van der Waals surface area (Å²) in [4.78, 5) is 4.76. The first kappa shape index (κ1) is 14.7. The fourth-order valence-electron chi connectivity index (χ4n) is 3.43. The molecule has 114 valence electrons. The lowest BCUT2D eigenvalue weighted by Crippen LogP contribution is -2.11. The summed E-state index contributed by atoms with van der Waals surface area (Å²) in [6.07, 6.45) is 7.77. The van der Waals surface area contributed by atoms with E-state index in [-0.39, 0.29) is 0 Å². The lowest BCUT2D eigenvalue weighted by atomic mass is 10.1. The van der Waals surface area contributed by atoms with Crippen molar-refractivity contribution in [2.24, 2.45) is 0 Å². The van der Waals surface area contributed by atoms with Crippen LogP contribution in [0, 0.1) is 0 Å². The van der Waals surface area contributed by atoms with Crippen LogP contribution in [0.2, 0.25) is 0 Å². The van der Waals surface area contributed by atoms with Crippen LogP contribution >= 0.6 is 11.6 Å². The van der Waals surface area contributed by atoms with E-state index in [0.29, 0.717) is 18.5 Å². The smallest absolute Gasteiger partial charge is 0.147 e. The zero-order valence-corrected chi connectivity index (χ0v) is 13.4. The fraction of sp³-hybridized carbons (Fsp3) is 0.588. The van der Waals surface area contributed by atoms with Crippen molar-refractivity contribution in [3.8, 4) is 5.75 Å². The summed E-state index contributed by atoms with van der Waals surface area (Å²) in [5.41, 5.74) is 2.13. The molecule has 1 aromatic carbocycles. The molecule has 4 heteroatoms. The summed E-state index contributed by atoms with van der Waals surface area (Å²) in [5, 5.41) is 0. The van der Waals surface area contributed by atoms with Gasteiger partial charge < -0.3 is 9.30 Å². The topological polar surface area (TPSA) is 27.1 Å². The van der Waals surface area contributed by atoms with Crippen molar-refractivity contribution in [2.75, 3.05) is 6.61 Å². The first-order chi connectivity index (χ1) is 10.3. The van der Waals surface area contributed by atoms with Gasteiger partial charge in [0.05, 0.1) is 18.0 Å². The molecule has 2 aromatic rings. The molecule has 0 saturated heterocycles. The highest BCUT2D eigenvalue weighted by atomic mass is 35.5. The van der Waals surface area contributed by atoms with Crippen LogP contribution in [0.1, 0.15) is 57.3 Å². The zero-order valence-electron chi connectivity index (χ0n) is 12.6. The Hall–Kier alpha value is -1.22. The third kappa shape index (κ3) is 2.89. The first-order valence-electron chi connectivity index (χ1n) is 8.03. The van der Waals surface area contributed by atoms with Crippen molar-refractivity contribution in [3.63, 3.8) is 0 Å². The van der Waals surface area contributed by atoms with E-state index in [4.69, 9.17) is 21.3 Å². The van der Waals surface area contributed by atoms with E-state index in [2.05, 4.69) is 16.7 Å². The van der Waals surface area contributed by atoms with Gasteiger partial charge in [0, 0.05) is 6.04 Å². The van der Waals surface area contributed by atoms with Crippen LogP contribution in [0.3, 0.4) is 0 Å². The molecule has 1 heterocycles. The Morgan fingerprint density at radius 2 is 2.00 bits per heavy atom. The minimum Gasteiger partial charge on any atom is -0.492 e. The molecule has 0 bridgehead atoms. The highest BCUT2D eigenvalue weighted by molar-refractivity contribution is 6.16. The van der Waals surface area contributed by atoms with Crippen LogP contribution in [0.4, 0.5) is 0 Å². The van der Waals surface area contributed by atoms with Crippen LogP contribution < -0.4 is 4.74 Å². The van der Waals surface area contributed by atoms with Crippen LogP contribution in [-0.4, -0.2) is 16.2 Å². The van der Waals surface area contributed by atoms with Crippen LogP contribution in [0.5, 0.6) is 5.75 Å². The lowest BCUT2D eigenvalue weighted by molar-refractivity contribution is 0.343. The third-order valence-electron chi connectivity index (χ3n) is 4.37. The largest absolute Gasteiger partial charge is 0.492 e. The van der Waals surface area contributed by atoms with E-state index < -0.39 is 0 Å². The van der Waals surface area contributed by atoms with Gasteiger partial charge in [0.25, 0.3) is 0 Å². The molecule has 1 aliphatic rings. The number of alkyl halides is 1. The molecule has 0 radical (unpaired) electrons. The summed E-state index contributed by atoms with van der Waals surface area (Å²) in [7, 11) is 0. The van der Waals surface area contributed by atoms with Gasteiger partial charge in [-0.2, -0.15) is 0 Å². The molecule has 1 saturated carbocycles. The van der Waals surface area contributed by atoms with Gasteiger partial charge in [-0.3, -0.25) is 0 Å². The molecule has 0 unspecified atom stereocenters. The molecule has 0 atom stereocenters. The number of halogens is 1. The molecule has 0 amide bonds. The fourth-order valence-corrected chi connectivity index (χ4v) is 3.62. The SMILES string of the molecule is CCOc1cccc2c1nc(CCl)n2C1CCCCCC1. The van der Waals surface area contributed by atoms with Gasteiger partial charge in [0.15, 0.2) is 0 Å². The maximum Gasteiger partial charge on any atom is 0.147 e. The van der Waals surface area contributed by atoms with Gasteiger partial charge in [0.2, 0.25) is 0 Å². The average Bonchev–Trinajstić information content (AvgIpc) is 2.68. The number of hydrogen-bond acceptors (Lipinski definition) is 2. The average molecular weight is 307 g/mol. The number of fused-ring (bicyclic) bond motifs is 1. The van der Waals surface area contributed by atoms with Gasteiger partial charge in [-0.25, -0.2) is 4.98 Å². The Balaban J connectivity index is 2.09. The van der Waals surface area contributed by atoms with Crippen molar-refractivity contribution in [1.82, 2.24) is 9.55 Å². The number of nitrogens with zero attached hydrogens (tertiary/aromatic N) is 2. The van der Waals surface area contributed by atoms with Gasteiger partial charge in [-0.05, 0) is 31.9 Å². The molecule has 0 N–H and O–H groups in total. The van der Waals surface area contributed by atoms with E-state index in [1.54, 1.807) is 0 Å². The number of ether oxygens (including phenoxy) is 1. The maximum atomic E-state index is 6.17. The molecule has 1 fully saturated rings. The van der Waals surface area contributed by atoms with Crippen molar-refractivity contribution < 1.29 is 4.74 Å². The Kier molecular flexibility index (Phi) is 4.69. The zero-order chi connectivity index (χ0) is 14.7. The monoisotopic (exact) mass is 306 g/mol. The van der Waals surface area contributed by atoms with Crippen LogP contribution in [0.15, 0.2) is 18.2 Å². The number of hydrogen-bond donors (Lipinski definition) is 0. The van der Waals surface area contributed by atoms with E-state index in [0.717, 1.165) is 17.1 Å². The van der Waals surface area contributed by atoms with E-state index in [9.17, 15) is 0 Å². The molecule has 1 aliphatic carbocycles. The van der Waals surface area contributed by atoms with Gasteiger partial charge in [-0.1, -0.05) is 31.7 Å². The number of imidazole rings is 1. The highest BCUT2D eigenvalue weighted by Crippen LogP contribution is 2.34. The standard InChI is InChI=1S/C17H23ClN2O/c1-2-21-15-11-7-10-14-17(15)19-16(12-18)20(14)13-8-5-3-4-6-9-13/h7,10-11,13H,2-6,8-9,12H2,1H3. The van der Waals surface area contributed by atoms with E-state index in [1.165, 1.54) is 44.0 Å². The Bertz CT molecular complexity index is 600. The second-order valence-electron chi connectivity index (χ2n) is 5.73. The number of benzene rings is 1. The second-order valence-corrected chi connectivity index (χ2v) is 6.00. The minimum atomic E-state index is 0.455. The Labute approximate surface area is 131 Å². The molecule has 21 heavy (non-hydrogen) atoms. The summed E-state index contributed by atoms with van der Waals surface area (Å²) >= 11 is 6.17.